The summed E-state index contributed by atoms with van der Waals surface area (Å²) < 4.78 is 17.0. The molecule has 1 amide bonds. The van der Waals surface area contributed by atoms with E-state index in [9.17, 15) is 14.7 Å². The zero-order valence-corrected chi connectivity index (χ0v) is 24.0. The zero-order valence-electron chi connectivity index (χ0n) is 20.1. The lowest BCUT2D eigenvalue weighted by Crippen LogP contribution is -2.45. The number of hydrazone groups is 1. The van der Waals surface area contributed by atoms with Crippen LogP contribution in [-0.4, -0.2) is 48.6 Å². The summed E-state index contributed by atoms with van der Waals surface area (Å²) in [4.78, 5) is 25.1. The van der Waals surface area contributed by atoms with Crippen LogP contribution in [0.5, 0.6) is 17.2 Å². The number of hydrogen-bond acceptors (Lipinski definition) is 8. The third-order valence-corrected chi connectivity index (χ3v) is 7.52. The molecular formula is C24H24Br2N4O6S. The number of halogens is 2. The van der Waals surface area contributed by atoms with Crippen molar-refractivity contribution >= 4 is 67.3 Å². The molecule has 0 spiro atoms. The minimum atomic E-state index is -0.634. The Kier molecular flexibility index (Phi) is 9.89. The van der Waals surface area contributed by atoms with Crippen LogP contribution < -0.4 is 25.5 Å². The molecule has 0 radical (unpaired) electrons. The van der Waals surface area contributed by atoms with Crippen molar-refractivity contribution in [2.45, 2.75) is 19.9 Å². The second-order valence-corrected chi connectivity index (χ2v) is 9.55. The molecule has 37 heavy (non-hydrogen) atoms. The standard InChI is InChI=1S/C24H24Br2N4O6S/c1-4-35-23(33)18-12(2)28-24(37)29-21(18)14-7-5-6-8-15(14)36-11-17(31)30-27-10-13-9-16(34-3)22(32)20(26)19(13)25/h5-10,21,32H,4,11H2,1-3H3,(H,30,31)(H2,28,29,37)/t21-/m0/s1. The van der Waals surface area contributed by atoms with Crippen molar-refractivity contribution in [2.75, 3.05) is 20.3 Å². The number of phenolic OH excluding ortho intramolecular Hbond substituents is 1. The number of nitrogens with one attached hydrogen (secondary N) is 3. The first-order chi connectivity index (χ1) is 17.7. The quantitative estimate of drug-likeness (QED) is 0.138. The topological polar surface area (TPSA) is 131 Å². The van der Waals surface area contributed by atoms with Gasteiger partial charge in [-0.15, -0.1) is 0 Å². The molecule has 0 saturated heterocycles. The number of amides is 1. The number of carbonyl (C=O) groups excluding carboxylic acids is 2. The maximum Gasteiger partial charge on any atom is 0.338 e. The molecule has 0 unspecified atom stereocenters. The molecule has 0 bridgehead atoms. The third-order valence-electron chi connectivity index (χ3n) is 5.14. The van der Waals surface area contributed by atoms with E-state index < -0.39 is 17.9 Å². The highest BCUT2D eigenvalue weighted by Crippen LogP contribution is 2.41. The Morgan fingerprint density at radius 2 is 1.97 bits per heavy atom. The van der Waals surface area contributed by atoms with Gasteiger partial charge in [0.2, 0.25) is 0 Å². The molecule has 1 aliphatic rings. The molecular weight excluding hydrogens is 632 g/mol. The van der Waals surface area contributed by atoms with Gasteiger partial charge in [0.15, 0.2) is 23.2 Å². The van der Waals surface area contributed by atoms with Crippen molar-refractivity contribution in [3.63, 3.8) is 0 Å². The second kappa shape index (κ2) is 12.9. The molecule has 2 aromatic carbocycles. The van der Waals surface area contributed by atoms with E-state index in [0.29, 0.717) is 42.2 Å². The van der Waals surface area contributed by atoms with Gasteiger partial charge in [0.05, 0.1) is 36.0 Å². The molecule has 2 aromatic rings. The van der Waals surface area contributed by atoms with Crippen LogP contribution in [0.15, 0.2) is 55.6 Å². The van der Waals surface area contributed by atoms with E-state index in [1.165, 1.54) is 13.3 Å². The van der Waals surface area contributed by atoms with Crippen molar-refractivity contribution in [1.29, 1.82) is 0 Å². The van der Waals surface area contributed by atoms with Gasteiger partial charge in [-0.1, -0.05) is 18.2 Å². The van der Waals surface area contributed by atoms with Crippen LogP contribution in [0.1, 0.15) is 31.0 Å². The van der Waals surface area contributed by atoms with E-state index in [1.54, 1.807) is 44.2 Å². The third kappa shape index (κ3) is 6.79. The summed E-state index contributed by atoms with van der Waals surface area (Å²) in [5, 5.41) is 20.4. The van der Waals surface area contributed by atoms with E-state index >= 15 is 0 Å². The largest absolute Gasteiger partial charge is 0.503 e. The van der Waals surface area contributed by atoms with Gasteiger partial charge in [0.25, 0.3) is 5.91 Å². The lowest BCUT2D eigenvalue weighted by Gasteiger charge is -2.30. The van der Waals surface area contributed by atoms with Gasteiger partial charge in [0.1, 0.15) is 5.75 Å². The molecule has 1 aliphatic heterocycles. The summed E-state index contributed by atoms with van der Waals surface area (Å²) in [6.45, 7) is 3.34. The molecule has 3 rings (SSSR count). The van der Waals surface area contributed by atoms with Crippen LogP contribution in [0, 0.1) is 0 Å². The molecule has 1 atom stereocenters. The average Bonchev–Trinajstić information content (AvgIpc) is 2.87. The van der Waals surface area contributed by atoms with Crippen LogP contribution >= 0.6 is 44.1 Å². The Morgan fingerprint density at radius 3 is 2.68 bits per heavy atom. The Balaban J connectivity index is 1.73. The maximum absolute atomic E-state index is 12.7. The van der Waals surface area contributed by atoms with Gasteiger partial charge in [-0.25, -0.2) is 10.2 Å². The zero-order chi connectivity index (χ0) is 27.1. The number of para-hydroxylation sites is 1. The number of methoxy groups -OCH3 is 1. The highest BCUT2D eigenvalue weighted by Gasteiger charge is 2.32. The summed E-state index contributed by atoms with van der Waals surface area (Å²) in [7, 11) is 1.42. The first-order valence-electron chi connectivity index (χ1n) is 10.9. The molecule has 13 heteroatoms. The fourth-order valence-electron chi connectivity index (χ4n) is 3.47. The lowest BCUT2D eigenvalue weighted by atomic mass is 9.95. The van der Waals surface area contributed by atoms with Gasteiger partial charge >= 0.3 is 5.97 Å². The van der Waals surface area contributed by atoms with Gasteiger partial charge in [0, 0.05) is 21.3 Å². The SMILES string of the molecule is CCOC(=O)C1=C(C)NC(=S)N[C@H]1c1ccccc1OCC(=O)NN=Cc1cc(OC)c(O)c(Br)c1Br. The van der Waals surface area contributed by atoms with E-state index in [-0.39, 0.29) is 24.7 Å². The first-order valence-corrected chi connectivity index (χ1v) is 12.9. The monoisotopic (exact) mass is 654 g/mol. The number of carbonyl (C=O) groups is 2. The Hall–Kier alpha value is -3.16. The Labute approximate surface area is 235 Å². The molecule has 0 fully saturated rings. The molecule has 0 saturated carbocycles. The molecule has 196 valence electrons. The van der Waals surface area contributed by atoms with Crippen molar-refractivity contribution < 1.29 is 28.9 Å². The maximum atomic E-state index is 12.7. The van der Waals surface area contributed by atoms with Gasteiger partial charge in [-0.2, -0.15) is 5.10 Å². The minimum Gasteiger partial charge on any atom is -0.503 e. The number of aromatic hydroxyl groups is 1. The summed E-state index contributed by atoms with van der Waals surface area (Å²) in [6, 6.07) is 7.93. The Morgan fingerprint density at radius 1 is 1.24 bits per heavy atom. The number of benzene rings is 2. The number of allylic oxidation sites excluding steroid dienone is 1. The second-order valence-electron chi connectivity index (χ2n) is 7.55. The first kappa shape index (κ1) is 28.4. The number of thiocarbonyl (C=S) groups is 1. The predicted molar refractivity (Wildman–Crippen MR) is 149 cm³/mol. The fraction of sp³-hybridized carbons (Fsp3) is 0.250. The van der Waals surface area contributed by atoms with Crippen LogP contribution in [-0.2, 0) is 14.3 Å². The summed E-state index contributed by atoms with van der Waals surface area (Å²) >= 11 is 11.9. The number of phenols is 1. The number of hydrogen-bond donors (Lipinski definition) is 4. The van der Waals surface area contributed by atoms with Crippen molar-refractivity contribution in [2.24, 2.45) is 5.10 Å². The molecule has 0 aliphatic carbocycles. The predicted octanol–water partition coefficient (Wildman–Crippen LogP) is 3.81. The summed E-state index contributed by atoms with van der Waals surface area (Å²) in [5.41, 5.74) is 4.48. The van der Waals surface area contributed by atoms with Gasteiger partial charge in [-0.05, 0) is 70.1 Å². The van der Waals surface area contributed by atoms with Crippen LogP contribution in [0.3, 0.4) is 0 Å². The number of rotatable bonds is 9. The average molecular weight is 656 g/mol. The van der Waals surface area contributed by atoms with Crippen LogP contribution in [0.4, 0.5) is 0 Å². The molecule has 0 aromatic heterocycles. The van der Waals surface area contributed by atoms with Crippen molar-refractivity contribution in [3.8, 4) is 17.2 Å². The van der Waals surface area contributed by atoms with Gasteiger partial charge < -0.3 is 30.0 Å². The fourth-order valence-corrected chi connectivity index (χ4v) is 4.57. The van der Waals surface area contributed by atoms with Crippen LogP contribution in [0.25, 0.3) is 0 Å². The Bertz CT molecular complexity index is 1280. The summed E-state index contributed by atoms with van der Waals surface area (Å²) in [6.07, 6.45) is 1.39. The van der Waals surface area contributed by atoms with Gasteiger partial charge in [-0.3, -0.25) is 4.79 Å². The normalized spacial score (nSPS) is 15.2. The smallest absolute Gasteiger partial charge is 0.338 e. The highest BCUT2D eigenvalue weighted by atomic mass is 79.9. The molecule has 1 heterocycles. The molecule has 10 nitrogen and oxygen atoms in total. The molecule has 4 N–H and O–H groups in total. The number of nitrogens with zero attached hydrogens (tertiary/aromatic N) is 1. The van der Waals surface area contributed by atoms with E-state index in [1.807, 2.05) is 0 Å². The lowest BCUT2D eigenvalue weighted by molar-refractivity contribution is -0.139. The number of ether oxygens (including phenoxy) is 3. The highest BCUT2D eigenvalue weighted by molar-refractivity contribution is 9.13. The van der Waals surface area contributed by atoms with E-state index in [4.69, 9.17) is 26.4 Å². The van der Waals surface area contributed by atoms with E-state index in [2.05, 4.69) is 53.0 Å². The summed E-state index contributed by atoms with van der Waals surface area (Å²) in [5.74, 6) is -0.451. The van der Waals surface area contributed by atoms with Crippen molar-refractivity contribution in [1.82, 2.24) is 16.1 Å². The van der Waals surface area contributed by atoms with E-state index in [0.717, 1.165) is 0 Å². The number of esters is 1. The van der Waals surface area contributed by atoms with Crippen molar-refractivity contribution in [3.05, 3.63) is 61.7 Å². The minimum absolute atomic E-state index is 0.0669. The van der Waals surface area contributed by atoms with Crippen LogP contribution in [0.2, 0.25) is 0 Å².